The van der Waals surface area contributed by atoms with Crippen LogP contribution in [-0.4, -0.2) is 30.2 Å². The molecule has 2 aromatic carbocycles. The van der Waals surface area contributed by atoms with Gasteiger partial charge in [0.2, 0.25) is 5.91 Å². The van der Waals surface area contributed by atoms with Crippen LogP contribution in [0, 0.1) is 0 Å². The Morgan fingerprint density at radius 3 is 2.50 bits per heavy atom. The van der Waals surface area contributed by atoms with E-state index in [1.165, 1.54) is 6.07 Å². The van der Waals surface area contributed by atoms with E-state index in [4.69, 9.17) is 4.74 Å². The number of hydrogen-bond donors (Lipinski definition) is 1. The standard InChI is InChI=1S/C21H25F3N2O2/c1-2-3-4-7-14-28-18-11-10-17(15-8-5-6-9-16(15)18)20(21(22,23)24)26-13-12-19(27)25-26/h5-6,8-11,20H,2-4,7,12-14H2,1H3,(H,25,27)/t20-/m0/s1. The van der Waals surface area contributed by atoms with E-state index in [0.717, 1.165) is 30.7 Å². The zero-order chi connectivity index (χ0) is 20.1. The summed E-state index contributed by atoms with van der Waals surface area (Å²) >= 11 is 0. The van der Waals surface area contributed by atoms with Gasteiger partial charge in [-0.05, 0) is 23.4 Å². The van der Waals surface area contributed by atoms with Crippen molar-refractivity contribution in [3.63, 3.8) is 0 Å². The van der Waals surface area contributed by atoms with E-state index in [9.17, 15) is 18.0 Å². The first-order valence-electron chi connectivity index (χ1n) is 9.69. The number of alkyl halides is 3. The van der Waals surface area contributed by atoms with E-state index >= 15 is 0 Å². The number of rotatable bonds is 8. The molecule has 0 spiro atoms. The highest BCUT2D eigenvalue weighted by Crippen LogP contribution is 2.42. The normalized spacial score (nSPS) is 16.4. The molecule has 3 rings (SSSR count). The monoisotopic (exact) mass is 394 g/mol. The number of carbonyl (C=O) groups excluding carboxylic acids is 1. The van der Waals surface area contributed by atoms with E-state index in [1.54, 1.807) is 30.3 Å². The average Bonchev–Trinajstić information content (AvgIpc) is 3.07. The van der Waals surface area contributed by atoms with Gasteiger partial charge < -0.3 is 4.74 Å². The Bertz CT molecular complexity index is 823. The molecule has 0 aliphatic carbocycles. The van der Waals surface area contributed by atoms with E-state index in [2.05, 4.69) is 12.3 Å². The van der Waals surface area contributed by atoms with Gasteiger partial charge in [-0.15, -0.1) is 0 Å². The second-order valence-electron chi connectivity index (χ2n) is 7.03. The van der Waals surface area contributed by atoms with Gasteiger partial charge in [0.1, 0.15) is 5.75 Å². The van der Waals surface area contributed by atoms with Crippen LogP contribution in [0.25, 0.3) is 10.8 Å². The molecule has 152 valence electrons. The van der Waals surface area contributed by atoms with Crippen molar-refractivity contribution in [2.45, 2.75) is 51.2 Å². The molecule has 7 heteroatoms. The predicted octanol–water partition coefficient (Wildman–Crippen LogP) is 5.14. The van der Waals surface area contributed by atoms with Crippen molar-refractivity contribution >= 4 is 16.7 Å². The molecular formula is C21H25F3N2O2. The van der Waals surface area contributed by atoms with Gasteiger partial charge >= 0.3 is 6.18 Å². The van der Waals surface area contributed by atoms with Gasteiger partial charge in [-0.2, -0.15) is 13.2 Å². The van der Waals surface area contributed by atoms with Crippen LogP contribution >= 0.6 is 0 Å². The molecule has 0 radical (unpaired) electrons. The number of fused-ring (bicyclic) bond motifs is 1. The maximum atomic E-state index is 13.9. The van der Waals surface area contributed by atoms with Crippen LogP contribution in [0.4, 0.5) is 13.2 Å². The van der Waals surface area contributed by atoms with Crippen LogP contribution in [0.5, 0.6) is 5.75 Å². The average molecular weight is 394 g/mol. The summed E-state index contributed by atoms with van der Waals surface area (Å²) in [5, 5.41) is 2.11. The minimum Gasteiger partial charge on any atom is -0.493 e. The summed E-state index contributed by atoms with van der Waals surface area (Å²) in [7, 11) is 0. The van der Waals surface area contributed by atoms with Crippen molar-refractivity contribution < 1.29 is 22.7 Å². The first-order valence-corrected chi connectivity index (χ1v) is 9.69. The number of carbonyl (C=O) groups is 1. The van der Waals surface area contributed by atoms with E-state index in [-0.39, 0.29) is 18.5 Å². The minimum absolute atomic E-state index is 0.0209. The van der Waals surface area contributed by atoms with Crippen LogP contribution in [0.3, 0.4) is 0 Å². The van der Waals surface area contributed by atoms with Crippen molar-refractivity contribution in [3.05, 3.63) is 42.0 Å². The number of benzene rings is 2. The van der Waals surface area contributed by atoms with Crippen molar-refractivity contribution in [1.82, 2.24) is 10.4 Å². The van der Waals surface area contributed by atoms with Gasteiger partial charge in [-0.25, -0.2) is 5.01 Å². The molecule has 1 heterocycles. The lowest BCUT2D eigenvalue weighted by Gasteiger charge is -2.30. The first-order chi connectivity index (χ1) is 13.4. The van der Waals surface area contributed by atoms with E-state index in [1.807, 2.05) is 0 Å². The number of hydrazine groups is 1. The predicted molar refractivity (Wildman–Crippen MR) is 102 cm³/mol. The molecule has 28 heavy (non-hydrogen) atoms. The fourth-order valence-electron chi connectivity index (χ4n) is 3.58. The van der Waals surface area contributed by atoms with Gasteiger partial charge in [0.15, 0.2) is 6.04 Å². The molecule has 0 unspecified atom stereocenters. The maximum Gasteiger partial charge on any atom is 0.409 e. The molecular weight excluding hydrogens is 369 g/mol. The second-order valence-corrected chi connectivity index (χ2v) is 7.03. The number of ether oxygens (including phenoxy) is 1. The third-order valence-electron chi connectivity index (χ3n) is 4.94. The molecule has 1 aliphatic rings. The molecule has 4 nitrogen and oxygen atoms in total. The van der Waals surface area contributed by atoms with Crippen molar-refractivity contribution in [3.8, 4) is 5.75 Å². The van der Waals surface area contributed by atoms with Crippen LogP contribution in [0.1, 0.15) is 50.6 Å². The molecule has 1 fully saturated rings. The van der Waals surface area contributed by atoms with E-state index in [0.29, 0.717) is 23.1 Å². The lowest BCUT2D eigenvalue weighted by molar-refractivity contribution is -0.190. The first kappa shape index (κ1) is 20.5. The highest BCUT2D eigenvalue weighted by Gasteiger charge is 2.47. The molecule has 1 atom stereocenters. The summed E-state index contributed by atoms with van der Waals surface area (Å²) in [6, 6.07) is 8.12. The van der Waals surface area contributed by atoms with E-state index < -0.39 is 18.1 Å². The highest BCUT2D eigenvalue weighted by molar-refractivity contribution is 5.91. The molecule has 2 aromatic rings. The fraction of sp³-hybridized carbons (Fsp3) is 0.476. The van der Waals surface area contributed by atoms with Crippen LogP contribution in [0.2, 0.25) is 0 Å². The third kappa shape index (κ3) is 4.58. The summed E-state index contributed by atoms with van der Waals surface area (Å²) in [4.78, 5) is 11.5. The second kappa shape index (κ2) is 8.82. The molecule has 0 saturated carbocycles. The lowest BCUT2D eigenvalue weighted by atomic mass is 9.97. The molecule has 1 N–H and O–H groups in total. The zero-order valence-electron chi connectivity index (χ0n) is 15.9. The van der Waals surface area contributed by atoms with Gasteiger partial charge in [0.05, 0.1) is 6.61 Å². The summed E-state index contributed by atoms with van der Waals surface area (Å²) in [5.74, 6) is 0.188. The molecule has 1 amide bonds. The Hall–Kier alpha value is -2.28. The number of amides is 1. The Morgan fingerprint density at radius 2 is 1.86 bits per heavy atom. The number of hydrogen-bond acceptors (Lipinski definition) is 3. The topological polar surface area (TPSA) is 41.6 Å². The molecule has 1 saturated heterocycles. The molecule has 0 aromatic heterocycles. The number of nitrogens with one attached hydrogen (secondary N) is 1. The SMILES string of the molecule is CCCCCCOc1ccc([C@H](N2CCC(=O)N2)C(F)(F)F)c2ccccc12. The van der Waals surface area contributed by atoms with Crippen molar-refractivity contribution in [2.75, 3.05) is 13.2 Å². The van der Waals surface area contributed by atoms with Gasteiger partial charge in [-0.3, -0.25) is 10.2 Å². The largest absolute Gasteiger partial charge is 0.493 e. The summed E-state index contributed by atoms with van der Waals surface area (Å²) in [5.41, 5.74) is 2.45. The summed E-state index contributed by atoms with van der Waals surface area (Å²) < 4.78 is 47.6. The van der Waals surface area contributed by atoms with Gasteiger partial charge in [0, 0.05) is 18.4 Å². The number of unbranched alkanes of at least 4 members (excludes halogenated alkanes) is 3. The summed E-state index contributed by atoms with van der Waals surface area (Å²) in [6.07, 6.45) is -0.222. The van der Waals surface area contributed by atoms with Crippen LogP contribution < -0.4 is 10.2 Å². The van der Waals surface area contributed by atoms with Crippen molar-refractivity contribution in [1.29, 1.82) is 0 Å². The van der Waals surface area contributed by atoms with Crippen LogP contribution in [0.15, 0.2) is 36.4 Å². The van der Waals surface area contributed by atoms with Gasteiger partial charge in [0.25, 0.3) is 0 Å². The van der Waals surface area contributed by atoms with Crippen molar-refractivity contribution in [2.24, 2.45) is 0 Å². The van der Waals surface area contributed by atoms with Crippen LogP contribution in [-0.2, 0) is 4.79 Å². The number of halogens is 3. The Labute approximate surface area is 162 Å². The minimum atomic E-state index is -4.52. The quantitative estimate of drug-likeness (QED) is 0.631. The Morgan fingerprint density at radius 1 is 1.11 bits per heavy atom. The Balaban J connectivity index is 1.92. The Kier molecular flexibility index (Phi) is 6.44. The zero-order valence-corrected chi connectivity index (χ0v) is 15.9. The third-order valence-corrected chi connectivity index (χ3v) is 4.94. The fourth-order valence-corrected chi connectivity index (χ4v) is 3.58. The lowest BCUT2D eigenvalue weighted by Crippen LogP contribution is -2.43. The maximum absolute atomic E-state index is 13.9. The van der Waals surface area contributed by atoms with Gasteiger partial charge in [-0.1, -0.05) is 56.5 Å². The smallest absolute Gasteiger partial charge is 0.409 e. The molecule has 0 bridgehead atoms. The number of nitrogens with zero attached hydrogens (tertiary/aromatic N) is 1. The summed E-state index contributed by atoms with van der Waals surface area (Å²) in [6.45, 7) is 2.69. The highest BCUT2D eigenvalue weighted by atomic mass is 19.4. The molecule has 1 aliphatic heterocycles.